The van der Waals surface area contributed by atoms with Gasteiger partial charge in [-0.15, -0.1) is 0 Å². The molecule has 2 aromatic carbocycles. The molecule has 0 fully saturated rings. The molecule has 0 saturated carbocycles. The van der Waals surface area contributed by atoms with Crippen LogP contribution in [0.4, 0.5) is 0 Å². The highest BCUT2D eigenvalue weighted by Crippen LogP contribution is 2.13. The quantitative estimate of drug-likeness (QED) is 0.789. The molecule has 0 bridgehead atoms. The van der Waals surface area contributed by atoms with Gasteiger partial charge in [0.25, 0.3) is 10.1 Å². The van der Waals surface area contributed by atoms with Gasteiger partial charge < -0.3 is 0 Å². The first-order chi connectivity index (χ1) is 9.47. The van der Waals surface area contributed by atoms with E-state index < -0.39 is 16.7 Å². The van der Waals surface area contributed by atoms with Gasteiger partial charge >= 0.3 is 0 Å². The summed E-state index contributed by atoms with van der Waals surface area (Å²) < 4.78 is 36.7. The summed E-state index contributed by atoms with van der Waals surface area (Å²) in [6, 6.07) is 15.6. The lowest BCUT2D eigenvalue weighted by Gasteiger charge is -2.06. The summed E-state index contributed by atoms with van der Waals surface area (Å²) >= 11 is 0. The Hall–Kier alpha value is -1.65. The van der Waals surface area contributed by atoms with Crippen LogP contribution in [-0.2, 0) is 20.7 Å². The third-order valence-corrected chi connectivity index (χ3v) is 3.91. The third-order valence-electron chi connectivity index (χ3n) is 2.67. The van der Waals surface area contributed by atoms with Crippen molar-refractivity contribution in [2.75, 3.05) is 6.58 Å². The van der Waals surface area contributed by atoms with Gasteiger partial charge in [-0.05, 0) is 31.0 Å². The lowest BCUT2D eigenvalue weighted by atomic mass is 10.2. The maximum atomic E-state index is 12.0. The van der Waals surface area contributed by atoms with Crippen LogP contribution in [0.1, 0.15) is 12.5 Å². The van der Waals surface area contributed by atoms with Crippen LogP contribution in [-0.4, -0.2) is 15.0 Å². The molecule has 0 radical (unpaired) electrons. The zero-order chi connectivity index (χ0) is 14.6. The molecule has 3 nitrogen and oxygen atoms in total. The first kappa shape index (κ1) is 12.4. The van der Waals surface area contributed by atoms with Gasteiger partial charge in [-0.3, -0.25) is 4.18 Å². The molecule has 2 rings (SSSR count). The third kappa shape index (κ3) is 3.91. The van der Waals surface area contributed by atoms with Crippen LogP contribution in [0.3, 0.4) is 0 Å². The molecule has 100 valence electrons. The van der Waals surface area contributed by atoms with E-state index >= 15 is 0 Å². The molecule has 0 saturated heterocycles. The molecule has 0 amide bonds. The predicted octanol–water partition coefficient (Wildman–Crippen LogP) is 2.94. The molecule has 2 aromatic rings. The monoisotopic (exact) mass is 277 g/mol. The maximum Gasteiger partial charge on any atom is 0.296 e. The second-order valence-corrected chi connectivity index (χ2v) is 5.79. The van der Waals surface area contributed by atoms with Gasteiger partial charge in [-0.1, -0.05) is 48.0 Å². The first-order valence-electron chi connectivity index (χ1n) is 6.51. The Morgan fingerprint density at radius 1 is 1.05 bits per heavy atom. The molecule has 0 heterocycles. The highest BCUT2D eigenvalue weighted by molar-refractivity contribution is 7.86. The van der Waals surface area contributed by atoms with Crippen molar-refractivity contribution < 1.29 is 14.0 Å². The van der Waals surface area contributed by atoms with E-state index in [0.717, 1.165) is 11.1 Å². The van der Waals surface area contributed by atoms with E-state index in [4.69, 9.17) is 5.55 Å². The smallest absolute Gasteiger partial charge is 0.266 e. The molecule has 0 aromatic heterocycles. The Bertz CT molecular complexity index is 651. The summed E-state index contributed by atoms with van der Waals surface area (Å²) in [7, 11) is -3.88. The fourth-order valence-corrected chi connectivity index (χ4v) is 2.42. The van der Waals surface area contributed by atoms with Gasteiger partial charge in [0.1, 0.15) is 0 Å². The van der Waals surface area contributed by atoms with Crippen molar-refractivity contribution in [2.24, 2.45) is 0 Å². The van der Waals surface area contributed by atoms with E-state index in [1.54, 1.807) is 12.1 Å². The van der Waals surface area contributed by atoms with Crippen LogP contribution >= 0.6 is 0 Å². The van der Waals surface area contributed by atoms with Gasteiger partial charge in [0.2, 0.25) is 0 Å². The Morgan fingerprint density at radius 3 is 2.32 bits per heavy atom. The van der Waals surface area contributed by atoms with Crippen LogP contribution in [0.15, 0.2) is 59.5 Å². The number of rotatable bonds is 5. The van der Waals surface area contributed by atoms with Crippen molar-refractivity contribution in [3.05, 3.63) is 65.7 Å². The average molecular weight is 277 g/mol. The fourth-order valence-electron chi connectivity index (χ4n) is 1.59. The molecule has 0 aliphatic carbocycles. The molecule has 19 heavy (non-hydrogen) atoms. The second kappa shape index (κ2) is 5.99. The van der Waals surface area contributed by atoms with Crippen LogP contribution in [0, 0.1) is 6.92 Å². The number of hydrogen-bond donors (Lipinski definition) is 0. The molecule has 0 aliphatic heterocycles. The molecule has 0 N–H and O–H groups in total. The van der Waals surface area contributed by atoms with E-state index in [1.807, 2.05) is 37.3 Å². The molecule has 0 unspecified atom stereocenters. The minimum Gasteiger partial charge on any atom is -0.266 e. The topological polar surface area (TPSA) is 43.4 Å². The normalized spacial score (nSPS) is 13.8. The van der Waals surface area contributed by atoms with Crippen molar-refractivity contribution in [3.8, 4) is 0 Å². The Morgan fingerprint density at radius 2 is 1.68 bits per heavy atom. The molecular weight excluding hydrogens is 260 g/mol. The summed E-state index contributed by atoms with van der Waals surface area (Å²) in [6.45, 7) is 0.726. The minimum absolute atomic E-state index is 0.0772. The van der Waals surface area contributed by atoms with Crippen molar-refractivity contribution in [3.63, 3.8) is 0 Å². The summed E-state index contributed by atoms with van der Waals surface area (Å²) in [6.07, 6.45) is 0.228. The first-order valence-corrected chi connectivity index (χ1v) is 7.34. The van der Waals surface area contributed by atoms with E-state index in [1.165, 1.54) is 12.1 Å². The summed E-state index contributed by atoms with van der Waals surface area (Å²) in [5.74, 6) is 0. The average Bonchev–Trinajstić information content (AvgIpc) is 2.39. The fraction of sp³-hybridized carbons (Fsp3) is 0.200. The van der Waals surface area contributed by atoms with Gasteiger partial charge in [0.05, 0.1) is 12.8 Å². The Kier molecular flexibility index (Phi) is 3.91. The summed E-state index contributed by atoms with van der Waals surface area (Å²) in [5, 5.41) is 0. The van der Waals surface area contributed by atoms with Crippen molar-refractivity contribution in [1.82, 2.24) is 0 Å². The highest BCUT2D eigenvalue weighted by atomic mass is 32.2. The van der Waals surface area contributed by atoms with E-state index in [-0.39, 0.29) is 11.3 Å². The van der Waals surface area contributed by atoms with Gasteiger partial charge in [-0.2, -0.15) is 8.42 Å². The number of hydrogen-bond acceptors (Lipinski definition) is 3. The predicted molar refractivity (Wildman–Crippen MR) is 74.5 cm³/mol. The molecule has 4 heteroatoms. The summed E-state index contributed by atoms with van der Waals surface area (Å²) in [5.41, 5.74) is 1.84. The minimum atomic E-state index is -3.88. The lowest BCUT2D eigenvalue weighted by molar-refractivity contribution is 0.322. The van der Waals surface area contributed by atoms with Crippen LogP contribution < -0.4 is 0 Å². The van der Waals surface area contributed by atoms with Crippen molar-refractivity contribution >= 4 is 10.1 Å². The Balaban J connectivity index is 2.06. The standard InChI is InChI=1S/C15H16O3S/c1-13-7-9-15(10-8-13)19(16,17)18-12-11-14-5-3-2-4-6-14/h2-10H,11-12H2,1H3/i12D/t12-/m0/s1. The van der Waals surface area contributed by atoms with Gasteiger partial charge in [-0.25, -0.2) is 0 Å². The molecule has 0 aliphatic rings. The molecule has 1 atom stereocenters. The molecule has 0 spiro atoms. The lowest BCUT2D eigenvalue weighted by Crippen LogP contribution is -2.09. The summed E-state index contributed by atoms with van der Waals surface area (Å²) in [4.78, 5) is 0.0772. The van der Waals surface area contributed by atoms with E-state index in [0.29, 0.717) is 0 Å². The van der Waals surface area contributed by atoms with E-state index in [9.17, 15) is 8.42 Å². The van der Waals surface area contributed by atoms with Gasteiger partial charge in [0.15, 0.2) is 0 Å². The number of benzene rings is 2. The van der Waals surface area contributed by atoms with Crippen LogP contribution in [0.2, 0.25) is 0 Å². The Labute approximate surface area is 115 Å². The largest absolute Gasteiger partial charge is 0.296 e. The van der Waals surface area contributed by atoms with Crippen LogP contribution in [0.5, 0.6) is 0 Å². The number of aryl methyl sites for hydroxylation is 2. The zero-order valence-electron chi connectivity index (χ0n) is 11.6. The second-order valence-electron chi connectivity index (χ2n) is 4.22. The van der Waals surface area contributed by atoms with Gasteiger partial charge in [0, 0.05) is 0 Å². The van der Waals surface area contributed by atoms with Crippen molar-refractivity contribution in [2.45, 2.75) is 18.2 Å². The SMILES string of the molecule is [2H][C@@H](Cc1ccccc1)OS(=O)(=O)c1ccc(C)cc1. The zero-order valence-corrected chi connectivity index (χ0v) is 11.4. The highest BCUT2D eigenvalue weighted by Gasteiger charge is 2.14. The van der Waals surface area contributed by atoms with E-state index in [2.05, 4.69) is 0 Å². The molecular formula is C15H16O3S. The van der Waals surface area contributed by atoms with Crippen molar-refractivity contribution in [1.29, 1.82) is 0 Å². The van der Waals surface area contributed by atoms with Crippen LogP contribution in [0.25, 0.3) is 0 Å². The maximum absolute atomic E-state index is 12.0.